The molecule has 0 bridgehead atoms. The molecular weight excluding hydrogens is 210 g/mol. The summed E-state index contributed by atoms with van der Waals surface area (Å²) in [6.45, 7) is 4.02. The van der Waals surface area contributed by atoms with Crippen LogP contribution in [0.4, 0.5) is 0 Å². The van der Waals surface area contributed by atoms with Gasteiger partial charge in [-0.1, -0.05) is 13.3 Å². The molecule has 0 aromatic carbocycles. The summed E-state index contributed by atoms with van der Waals surface area (Å²) < 4.78 is 0. The monoisotopic (exact) mass is 231 g/mol. The molecule has 0 aromatic heterocycles. The molecule has 1 fully saturated rings. The van der Waals surface area contributed by atoms with Crippen LogP contribution in [0.5, 0.6) is 0 Å². The van der Waals surface area contributed by atoms with E-state index in [-0.39, 0.29) is 6.61 Å². The molecule has 1 saturated heterocycles. The second-order valence-corrected chi connectivity index (χ2v) is 4.10. The van der Waals surface area contributed by atoms with Crippen LogP contribution in [-0.2, 0) is 4.84 Å². The van der Waals surface area contributed by atoms with Crippen LogP contribution in [-0.4, -0.2) is 41.4 Å². The van der Waals surface area contributed by atoms with Gasteiger partial charge in [-0.25, -0.2) is 0 Å². The minimum atomic E-state index is 0.205. The van der Waals surface area contributed by atoms with E-state index in [2.05, 4.69) is 12.2 Å². The van der Waals surface area contributed by atoms with Gasteiger partial charge in [0.25, 0.3) is 0 Å². The first-order valence-electron chi connectivity index (χ1n) is 5.93. The van der Waals surface area contributed by atoms with Gasteiger partial charge in [0.2, 0.25) is 5.28 Å². The smallest absolute Gasteiger partial charge is 0.233 e. The standard InChI is InChI=1S/C10H21N3O3/c1-2-3-8-16-11-13(15)12-6-4-10(9-14)5-7-12/h10,14H,2-9H2,1H3/b13-11+. The molecule has 0 aromatic rings. The van der Waals surface area contributed by atoms with Crippen LogP contribution in [0.15, 0.2) is 5.28 Å². The summed E-state index contributed by atoms with van der Waals surface area (Å²) in [5.41, 5.74) is 0. The Morgan fingerprint density at radius 1 is 1.50 bits per heavy atom. The van der Waals surface area contributed by atoms with E-state index in [1.54, 1.807) is 5.01 Å². The van der Waals surface area contributed by atoms with E-state index in [0.717, 1.165) is 25.7 Å². The molecule has 1 aliphatic heterocycles. The van der Waals surface area contributed by atoms with Crippen molar-refractivity contribution in [3.8, 4) is 0 Å². The molecule has 1 heterocycles. The normalized spacial score (nSPS) is 18.9. The fourth-order valence-electron chi connectivity index (χ4n) is 1.62. The van der Waals surface area contributed by atoms with E-state index in [1.165, 1.54) is 0 Å². The fourth-order valence-corrected chi connectivity index (χ4v) is 1.62. The molecule has 0 saturated carbocycles. The SMILES string of the molecule is CCCCO/N=[N+](/[O-])N1CCC(CO)CC1. The topological polar surface area (TPSA) is 71.1 Å². The maximum atomic E-state index is 11.4. The number of unbranched alkanes of at least 4 members (excludes halogenated alkanes) is 1. The maximum absolute atomic E-state index is 11.4. The van der Waals surface area contributed by atoms with Crippen LogP contribution in [0.1, 0.15) is 32.6 Å². The molecule has 94 valence electrons. The number of hydrazine groups is 1. The van der Waals surface area contributed by atoms with Crippen LogP contribution >= 0.6 is 0 Å². The van der Waals surface area contributed by atoms with Gasteiger partial charge >= 0.3 is 0 Å². The van der Waals surface area contributed by atoms with Crippen LogP contribution in [0.2, 0.25) is 0 Å². The fraction of sp³-hybridized carbons (Fsp3) is 1.00. The summed E-state index contributed by atoms with van der Waals surface area (Å²) in [7, 11) is 0. The summed E-state index contributed by atoms with van der Waals surface area (Å²) in [5, 5.41) is 25.5. The van der Waals surface area contributed by atoms with Crippen LogP contribution in [0, 0.1) is 11.1 Å². The van der Waals surface area contributed by atoms with E-state index < -0.39 is 0 Å². The third-order valence-corrected chi connectivity index (χ3v) is 2.81. The molecule has 0 atom stereocenters. The molecular formula is C10H21N3O3. The molecule has 1 aliphatic rings. The molecule has 0 amide bonds. The average Bonchev–Trinajstić information content (AvgIpc) is 2.34. The number of hydrogen-bond donors (Lipinski definition) is 1. The van der Waals surface area contributed by atoms with Crippen LogP contribution in [0.3, 0.4) is 0 Å². The lowest BCUT2D eigenvalue weighted by Gasteiger charge is -2.26. The molecule has 6 heteroatoms. The van der Waals surface area contributed by atoms with Crippen LogP contribution in [0.25, 0.3) is 0 Å². The van der Waals surface area contributed by atoms with Gasteiger partial charge in [-0.05, 0) is 25.2 Å². The molecule has 1 N–H and O–H groups in total. The van der Waals surface area contributed by atoms with Crippen molar-refractivity contribution in [2.45, 2.75) is 32.6 Å². The number of piperidine rings is 1. The van der Waals surface area contributed by atoms with Gasteiger partial charge in [0, 0.05) is 6.61 Å². The number of hydrogen-bond acceptors (Lipinski definition) is 4. The third-order valence-electron chi connectivity index (χ3n) is 2.81. The number of nitrogens with zero attached hydrogens (tertiary/aromatic N) is 3. The predicted molar refractivity (Wildman–Crippen MR) is 58.3 cm³/mol. The number of rotatable bonds is 6. The molecule has 0 aliphatic carbocycles. The van der Waals surface area contributed by atoms with Gasteiger partial charge in [-0.2, -0.15) is 0 Å². The van der Waals surface area contributed by atoms with Crippen molar-refractivity contribution in [2.24, 2.45) is 11.2 Å². The molecule has 0 radical (unpaired) electrons. The molecule has 0 spiro atoms. The van der Waals surface area contributed by atoms with Gasteiger partial charge in [0.15, 0.2) is 0 Å². The highest BCUT2D eigenvalue weighted by Crippen LogP contribution is 2.16. The zero-order valence-corrected chi connectivity index (χ0v) is 9.84. The Hall–Kier alpha value is -1.04. The summed E-state index contributed by atoms with van der Waals surface area (Å²) >= 11 is 0. The average molecular weight is 231 g/mol. The molecule has 1 rings (SSSR count). The zero-order valence-electron chi connectivity index (χ0n) is 9.84. The maximum Gasteiger partial charge on any atom is 0.233 e. The van der Waals surface area contributed by atoms with E-state index >= 15 is 0 Å². The lowest BCUT2D eigenvalue weighted by molar-refractivity contribution is -0.713. The van der Waals surface area contributed by atoms with Gasteiger partial charge < -0.3 is 15.2 Å². The second kappa shape index (κ2) is 7.27. The second-order valence-electron chi connectivity index (χ2n) is 4.10. The van der Waals surface area contributed by atoms with Gasteiger partial charge in [-0.3, -0.25) is 0 Å². The Morgan fingerprint density at radius 3 is 2.75 bits per heavy atom. The highest BCUT2D eigenvalue weighted by Gasteiger charge is 2.23. The summed E-state index contributed by atoms with van der Waals surface area (Å²) in [5.74, 6) is 0.325. The molecule has 6 nitrogen and oxygen atoms in total. The summed E-state index contributed by atoms with van der Waals surface area (Å²) in [6.07, 6.45) is 3.60. The van der Waals surface area contributed by atoms with Gasteiger partial charge in [0.05, 0.1) is 18.1 Å². The van der Waals surface area contributed by atoms with Crippen LogP contribution < -0.4 is 0 Å². The van der Waals surface area contributed by atoms with E-state index in [0.29, 0.717) is 30.6 Å². The number of aliphatic hydroxyl groups is 1. The van der Waals surface area contributed by atoms with Crippen molar-refractivity contribution in [3.63, 3.8) is 0 Å². The third kappa shape index (κ3) is 4.22. The van der Waals surface area contributed by atoms with E-state index in [9.17, 15) is 5.21 Å². The van der Waals surface area contributed by atoms with Gasteiger partial charge in [-0.15, -0.1) is 5.01 Å². The Morgan fingerprint density at radius 2 is 2.19 bits per heavy atom. The van der Waals surface area contributed by atoms with Crippen molar-refractivity contribution >= 4 is 0 Å². The predicted octanol–water partition coefficient (Wildman–Crippen LogP) is 1.30. The largest absolute Gasteiger partial charge is 0.569 e. The Balaban J connectivity index is 2.23. The molecule has 0 unspecified atom stereocenters. The van der Waals surface area contributed by atoms with E-state index in [1.807, 2.05) is 0 Å². The summed E-state index contributed by atoms with van der Waals surface area (Å²) in [4.78, 5) is 5.42. The first kappa shape index (κ1) is 13.0. The van der Waals surface area contributed by atoms with Crippen molar-refractivity contribution in [1.82, 2.24) is 5.01 Å². The highest BCUT2D eigenvalue weighted by molar-refractivity contribution is 4.66. The first-order valence-corrected chi connectivity index (χ1v) is 5.93. The highest BCUT2D eigenvalue weighted by atomic mass is 16.7. The summed E-state index contributed by atoms with van der Waals surface area (Å²) in [6, 6.07) is 0. The van der Waals surface area contributed by atoms with Crippen molar-refractivity contribution in [1.29, 1.82) is 0 Å². The van der Waals surface area contributed by atoms with E-state index in [4.69, 9.17) is 9.94 Å². The van der Waals surface area contributed by atoms with Crippen molar-refractivity contribution < 1.29 is 14.9 Å². The zero-order chi connectivity index (χ0) is 11.8. The Labute approximate surface area is 96.0 Å². The Kier molecular flexibility index (Phi) is 5.92. The van der Waals surface area contributed by atoms with Gasteiger partial charge in [0.1, 0.15) is 6.61 Å². The van der Waals surface area contributed by atoms with Crippen molar-refractivity contribution in [3.05, 3.63) is 5.21 Å². The quantitative estimate of drug-likeness (QED) is 0.324. The Bertz CT molecular complexity index is 215. The minimum absolute atomic E-state index is 0.205. The minimum Gasteiger partial charge on any atom is -0.569 e. The number of aliphatic hydroxyl groups excluding tert-OH is 1. The first-order chi connectivity index (χ1) is 7.77. The lowest BCUT2D eigenvalue weighted by atomic mass is 9.99. The van der Waals surface area contributed by atoms with Crippen molar-refractivity contribution in [2.75, 3.05) is 26.3 Å². The molecule has 16 heavy (non-hydrogen) atoms. The lowest BCUT2D eigenvalue weighted by Crippen LogP contribution is -2.39.